The first-order valence-electron chi connectivity index (χ1n) is 16.0. The lowest BCUT2D eigenvalue weighted by molar-refractivity contribution is -0.138. The number of hydrogen-bond acceptors (Lipinski definition) is 9. The number of likely N-dealkylation sites (N-methyl/N-ethyl adjacent to an activating group) is 1. The van der Waals surface area contributed by atoms with Gasteiger partial charge in [0.2, 0.25) is 11.8 Å². The van der Waals surface area contributed by atoms with E-state index in [-0.39, 0.29) is 42.1 Å². The molecule has 0 radical (unpaired) electrons. The molecule has 16 heteroatoms. The third-order valence-corrected chi connectivity index (χ3v) is 8.32. The van der Waals surface area contributed by atoms with Gasteiger partial charge in [0.15, 0.2) is 0 Å². The highest BCUT2D eigenvalue weighted by Gasteiger charge is 2.34. The second-order valence-electron chi connectivity index (χ2n) is 12.1. The van der Waals surface area contributed by atoms with E-state index in [2.05, 4.69) is 41.1 Å². The van der Waals surface area contributed by atoms with Crippen molar-refractivity contribution in [2.45, 2.75) is 31.4 Å². The van der Waals surface area contributed by atoms with E-state index in [4.69, 9.17) is 4.74 Å². The molecule has 0 spiro atoms. The van der Waals surface area contributed by atoms with Gasteiger partial charge < -0.3 is 30.9 Å². The van der Waals surface area contributed by atoms with Crippen molar-refractivity contribution in [3.05, 3.63) is 84.2 Å². The molecule has 0 aliphatic carbocycles. The first-order valence-corrected chi connectivity index (χ1v) is 16.0. The van der Waals surface area contributed by atoms with Crippen molar-refractivity contribution >= 4 is 35.8 Å². The highest BCUT2D eigenvalue weighted by molar-refractivity contribution is 5.99. The highest BCUT2D eigenvalue weighted by atomic mass is 35.5. The molecular weight excluding hydrogens is 678 g/mol. The van der Waals surface area contributed by atoms with Crippen LogP contribution < -0.4 is 26.0 Å². The molecule has 2 aliphatic heterocycles. The molecule has 4 N–H and O–H groups in total. The van der Waals surface area contributed by atoms with E-state index in [1.165, 1.54) is 12.1 Å². The van der Waals surface area contributed by atoms with Crippen LogP contribution in [0, 0.1) is 0 Å². The minimum Gasteiger partial charge on any atom is -0.438 e. The van der Waals surface area contributed by atoms with Crippen molar-refractivity contribution in [3.63, 3.8) is 0 Å². The molecule has 0 unspecified atom stereocenters. The average molecular weight is 716 g/mol. The van der Waals surface area contributed by atoms with Gasteiger partial charge in [-0.05, 0) is 67.2 Å². The van der Waals surface area contributed by atoms with Crippen LogP contribution in [0.4, 0.5) is 39.7 Å². The van der Waals surface area contributed by atoms with Crippen molar-refractivity contribution in [1.29, 1.82) is 0 Å². The number of alkyl halides is 4. The number of rotatable bonds is 9. The molecule has 4 heterocycles. The standard InChI is InChI=1S/C34H37F4N9O2.ClH/c1-46-13-15-47(16-14-46)21-22-4-5-25(18-29(22)34(36,37)38)44-33(48)43-24-6-8-27(9-7-24)49-31-28(3-2-11-40-31)30-10-12-41-32(45-30)42-26-17-23(35)19-39-20-26;/h2-12,18,23,26,39H,13-17,19-21H2,1H3,(H,41,42,45)(H2,43,44,48);1H/t23-,26-;/m0./s1. The summed E-state index contributed by atoms with van der Waals surface area (Å²) in [6.45, 7) is 4.08. The summed E-state index contributed by atoms with van der Waals surface area (Å²) >= 11 is 0. The lowest BCUT2D eigenvalue weighted by atomic mass is 10.0. The van der Waals surface area contributed by atoms with Gasteiger partial charge in [-0.15, -0.1) is 12.4 Å². The molecule has 266 valence electrons. The Hall–Kier alpha value is -4.57. The van der Waals surface area contributed by atoms with Crippen LogP contribution in [0.5, 0.6) is 11.6 Å². The number of aromatic nitrogens is 3. The van der Waals surface area contributed by atoms with Crippen molar-refractivity contribution < 1.29 is 27.1 Å². The Labute approximate surface area is 293 Å². The van der Waals surface area contributed by atoms with Gasteiger partial charge in [-0.25, -0.2) is 24.1 Å². The molecule has 11 nitrogen and oxygen atoms in total. The molecule has 0 saturated carbocycles. The van der Waals surface area contributed by atoms with E-state index in [0.29, 0.717) is 61.2 Å². The maximum absolute atomic E-state index is 14.0. The highest BCUT2D eigenvalue weighted by Crippen LogP contribution is 2.35. The summed E-state index contributed by atoms with van der Waals surface area (Å²) in [6.07, 6.45) is -1.97. The molecule has 4 aromatic rings. The number of hydrogen-bond donors (Lipinski definition) is 4. The van der Waals surface area contributed by atoms with Gasteiger partial charge >= 0.3 is 12.2 Å². The minimum absolute atomic E-state index is 0. The molecule has 2 aromatic heterocycles. The van der Waals surface area contributed by atoms with Crippen LogP contribution in [0.2, 0.25) is 0 Å². The van der Waals surface area contributed by atoms with E-state index in [9.17, 15) is 22.4 Å². The normalized spacial score (nSPS) is 18.5. The number of carbonyl (C=O) groups is 1. The number of anilines is 3. The number of piperazine rings is 1. The maximum Gasteiger partial charge on any atom is 0.416 e. The summed E-state index contributed by atoms with van der Waals surface area (Å²) in [6, 6.07) is 14.7. The summed E-state index contributed by atoms with van der Waals surface area (Å²) in [5.74, 6) is 1.06. The lowest BCUT2D eigenvalue weighted by Crippen LogP contribution is -2.44. The SMILES string of the molecule is CN1CCN(Cc2ccc(NC(=O)Nc3ccc(Oc4ncccc4-c4ccnc(N[C@@H]5CNC[C@@H](F)C5)n4)cc3)cc2C(F)(F)F)CC1.Cl. The molecule has 50 heavy (non-hydrogen) atoms. The monoisotopic (exact) mass is 715 g/mol. The van der Waals surface area contributed by atoms with Crippen LogP contribution in [-0.4, -0.2) is 89.3 Å². The Balaban J connectivity index is 0.00000486. The summed E-state index contributed by atoms with van der Waals surface area (Å²) in [5, 5.41) is 11.4. The van der Waals surface area contributed by atoms with Gasteiger partial charge in [-0.3, -0.25) is 4.90 Å². The van der Waals surface area contributed by atoms with Crippen LogP contribution in [0.25, 0.3) is 11.3 Å². The molecular formula is C34H38ClF4N9O2. The molecule has 2 fully saturated rings. The maximum atomic E-state index is 14.0. The molecule has 2 saturated heterocycles. The molecule has 6 rings (SSSR count). The van der Waals surface area contributed by atoms with Crippen molar-refractivity contribution in [2.75, 3.05) is 62.3 Å². The molecule has 2 aromatic carbocycles. The first kappa shape index (κ1) is 36.7. The predicted molar refractivity (Wildman–Crippen MR) is 186 cm³/mol. The van der Waals surface area contributed by atoms with Gasteiger partial charge in [0.25, 0.3) is 0 Å². The van der Waals surface area contributed by atoms with Crippen LogP contribution in [0.15, 0.2) is 73.1 Å². The smallest absolute Gasteiger partial charge is 0.416 e. The summed E-state index contributed by atoms with van der Waals surface area (Å²) in [4.78, 5) is 30.1. The number of nitrogens with zero attached hydrogens (tertiary/aromatic N) is 5. The largest absolute Gasteiger partial charge is 0.438 e. The number of carbonyl (C=O) groups excluding carboxylic acids is 1. The van der Waals surface area contributed by atoms with E-state index in [1.807, 2.05) is 11.9 Å². The zero-order chi connectivity index (χ0) is 34.4. The summed E-state index contributed by atoms with van der Waals surface area (Å²) in [5.41, 5.74) is 0.975. The van der Waals surface area contributed by atoms with Gasteiger partial charge in [0, 0.05) is 82.0 Å². The zero-order valence-corrected chi connectivity index (χ0v) is 28.0. The third kappa shape index (κ3) is 9.78. The van der Waals surface area contributed by atoms with Gasteiger partial charge in [-0.2, -0.15) is 13.2 Å². The lowest BCUT2D eigenvalue weighted by Gasteiger charge is -2.33. The first-order chi connectivity index (χ1) is 23.6. The van der Waals surface area contributed by atoms with Crippen LogP contribution in [0.3, 0.4) is 0 Å². The quantitative estimate of drug-likeness (QED) is 0.149. The third-order valence-electron chi connectivity index (χ3n) is 8.32. The number of amides is 2. The van der Waals surface area contributed by atoms with Gasteiger partial charge in [-0.1, -0.05) is 6.07 Å². The second-order valence-corrected chi connectivity index (χ2v) is 12.1. The fourth-order valence-corrected chi connectivity index (χ4v) is 5.74. The molecule has 0 bridgehead atoms. The number of ether oxygens (including phenoxy) is 1. The van der Waals surface area contributed by atoms with Gasteiger partial charge in [0.05, 0.1) is 16.8 Å². The topological polar surface area (TPSA) is 120 Å². The Bertz CT molecular complexity index is 1740. The predicted octanol–water partition coefficient (Wildman–Crippen LogP) is 6.27. The minimum atomic E-state index is -4.57. The summed E-state index contributed by atoms with van der Waals surface area (Å²) in [7, 11) is 1.99. The Kier molecular flexibility index (Phi) is 12.1. The number of urea groups is 1. The van der Waals surface area contributed by atoms with Crippen molar-refractivity contribution in [2.24, 2.45) is 0 Å². The van der Waals surface area contributed by atoms with E-state index < -0.39 is 23.9 Å². The molecule has 2 atom stereocenters. The number of pyridine rings is 1. The second kappa shape index (κ2) is 16.4. The van der Waals surface area contributed by atoms with Crippen LogP contribution in [0.1, 0.15) is 17.5 Å². The van der Waals surface area contributed by atoms with Crippen LogP contribution in [-0.2, 0) is 12.7 Å². The number of nitrogens with one attached hydrogen (secondary N) is 4. The van der Waals surface area contributed by atoms with Crippen molar-refractivity contribution in [1.82, 2.24) is 30.1 Å². The Morgan fingerprint density at radius 1 is 0.960 bits per heavy atom. The van der Waals surface area contributed by atoms with Crippen LogP contribution >= 0.6 is 12.4 Å². The molecule has 2 aliphatic rings. The van der Waals surface area contributed by atoms with E-state index in [0.717, 1.165) is 19.2 Å². The summed E-state index contributed by atoms with van der Waals surface area (Å²) < 4.78 is 61.8. The number of piperidine rings is 1. The fourth-order valence-electron chi connectivity index (χ4n) is 5.74. The number of halogens is 5. The Morgan fingerprint density at radius 2 is 1.70 bits per heavy atom. The zero-order valence-electron chi connectivity index (χ0n) is 27.2. The van der Waals surface area contributed by atoms with Gasteiger partial charge in [0.1, 0.15) is 11.9 Å². The Morgan fingerprint density at radius 3 is 2.44 bits per heavy atom. The van der Waals surface area contributed by atoms with E-state index >= 15 is 0 Å². The average Bonchev–Trinajstić information content (AvgIpc) is 3.07. The fraction of sp³-hybridized carbons (Fsp3) is 0.353. The van der Waals surface area contributed by atoms with Crippen molar-refractivity contribution in [3.8, 4) is 22.9 Å². The number of benzene rings is 2. The van der Waals surface area contributed by atoms with E-state index in [1.54, 1.807) is 54.9 Å². The molecule has 2 amide bonds.